The molecule has 0 unspecified atom stereocenters. The van der Waals surface area contributed by atoms with Crippen LogP contribution in [0.2, 0.25) is 0 Å². The maximum absolute atomic E-state index is 12.6. The number of hydrogen-bond donors (Lipinski definition) is 2. The zero-order valence-electron chi connectivity index (χ0n) is 17.3. The Morgan fingerprint density at radius 2 is 1.97 bits per heavy atom. The van der Waals surface area contributed by atoms with Crippen LogP contribution in [0.1, 0.15) is 39.4 Å². The van der Waals surface area contributed by atoms with Gasteiger partial charge in [-0.15, -0.1) is 11.3 Å². The molecule has 0 bridgehead atoms. The number of H-pyrrole nitrogens is 1. The smallest absolute Gasteiger partial charge is 0.259 e. The highest BCUT2D eigenvalue weighted by molar-refractivity contribution is 7.18. The number of carbonyl (C=O) groups excluding carboxylic acids is 1. The molecule has 2 heterocycles. The van der Waals surface area contributed by atoms with Crippen molar-refractivity contribution >= 4 is 33.1 Å². The highest BCUT2D eigenvalue weighted by Crippen LogP contribution is 2.34. The molecule has 3 aromatic rings. The fourth-order valence-corrected chi connectivity index (χ4v) is 5.52. The van der Waals surface area contributed by atoms with Crippen LogP contribution < -0.4 is 10.9 Å². The Balaban J connectivity index is 1.45. The Hall–Kier alpha value is -2.51. The number of thiophene rings is 1. The van der Waals surface area contributed by atoms with Crippen molar-refractivity contribution in [2.75, 3.05) is 18.9 Å². The number of anilines is 1. The van der Waals surface area contributed by atoms with Crippen molar-refractivity contribution in [3.63, 3.8) is 0 Å². The standard InChI is InChI=1S/C22H26N4O2S/c1-12-8-13(2)20(14(3)9-12)25-18(27)11-26(4)10-17-23-21(28)19-15-6-5-7-16(15)29-22(19)24-17/h8-9H,5-7,10-11H2,1-4H3,(H,25,27)(H,23,24,28). The van der Waals surface area contributed by atoms with E-state index in [1.54, 1.807) is 11.3 Å². The van der Waals surface area contributed by atoms with Gasteiger partial charge in [-0.1, -0.05) is 17.7 Å². The third kappa shape index (κ3) is 3.97. The summed E-state index contributed by atoms with van der Waals surface area (Å²) in [7, 11) is 1.85. The molecule has 0 saturated carbocycles. The van der Waals surface area contributed by atoms with Gasteiger partial charge in [0.2, 0.25) is 5.91 Å². The number of nitrogens with one attached hydrogen (secondary N) is 2. The number of aryl methyl sites for hydroxylation is 5. The Labute approximate surface area is 174 Å². The molecule has 1 aliphatic carbocycles. The number of fused-ring (bicyclic) bond motifs is 3. The Morgan fingerprint density at radius 1 is 1.24 bits per heavy atom. The summed E-state index contributed by atoms with van der Waals surface area (Å²) in [6.07, 6.45) is 3.14. The molecule has 29 heavy (non-hydrogen) atoms. The van der Waals surface area contributed by atoms with Crippen LogP contribution in [0.25, 0.3) is 10.2 Å². The minimum absolute atomic E-state index is 0.0619. The molecule has 0 saturated heterocycles. The quantitative estimate of drug-likeness (QED) is 0.675. The molecule has 2 aromatic heterocycles. The van der Waals surface area contributed by atoms with Crippen LogP contribution in [0, 0.1) is 20.8 Å². The Morgan fingerprint density at radius 3 is 2.69 bits per heavy atom. The molecule has 0 atom stereocenters. The molecule has 6 nitrogen and oxygen atoms in total. The first-order chi connectivity index (χ1) is 13.8. The summed E-state index contributed by atoms with van der Waals surface area (Å²) in [6.45, 7) is 6.68. The molecule has 7 heteroatoms. The molecule has 2 N–H and O–H groups in total. The SMILES string of the molecule is Cc1cc(C)c(NC(=O)CN(C)Cc2nc3sc4c(c3c(=O)[nH]2)CCC4)c(C)c1. The molecular weight excluding hydrogens is 384 g/mol. The highest BCUT2D eigenvalue weighted by Gasteiger charge is 2.21. The van der Waals surface area contributed by atoms with Gasteiger partial charge in [-0.3, -0.25) is 14.5 Å². The first-order valence-electron chi connectivity index (χ1n) is 9.91. The lowest BCUT2D eigenvalue weighted by Crippen LogP contribution is -2.31. The van der Waals surface area contributed by atoms with Crippen LogP contribution in [-0.2, 0) is 24.2 Å². The number of likely N-dealkylation sites (N-methyl/N-ethyl adjacent to an activating group) is 1. The minimum Gasteiger partial charge on any atom is -0.324 e. The van der Waals surface area contributed by atoms with Gasteiger partial charge in [-0.25, -0.2) is 4.98 Å². The Kier molecular flexibility index (Phi) is 5.27. The van der Waals surface area contributed by atoms with Gasteiger partial charge in [0.05, 0.1) is 18.5 Å². The lowest BCUT2D eigenvalue weighted by molar-refractivity contribution is -0.117. The maximum Gasteiger partial charge on any atom is 0.259 e. The van der Waals surface area contributed by atoms with Gasteiger partial charge < -0.3 is 10.3 Å². The average molecular weight is 411 g/mol. The largest absolute Gasteiger partial charge is 0.324 e. The zero-order chi connectivity index (χ0) is 20.7. The summed E-state index contributed by atoms with van der Waals surface area (Å²) in [6, 6.07) is 4.13. The monoisotopic (exact) mass is 410 g/mol. The number of nitrogens with zero attached hydrogens (tertiary/aromatic N) is 2. The summed E-state index contributed by atoms with van der Waals surface area (Å²) >= 11 is 1.63. The molecule has 1 amide bonds. The van der Waals surface area contributed by atoms with E-state index >= 15 is 0 Å². The van der Waals surface area contributed by atoms with E-state index in [9.17, 15) is 9.59 Å². The van der Waals surface area contributed by atoms with E-state index in [4.69, 9.17) is 0 Å². The molecule has 0 aliphatic heterocycles. The van der Waals surface area contributed by atoms with Gasteiger partial charge in [-0.2, -0.15) is 0 Å². The molecule has 1 aliphatic rings. The number of hydrogen-bond acceptors (Lipinski definition) is 5. The first kappa shape index (κ1) is 19.8. The summed E-state index contributed by atoms with van der Waals surface area (Å²) in [4.78, 5) is 36.7. The molecule has 0 spiro atoms. The number of rotatable bonds is 5. The summed E-state index contributed by atoms with van der Waals surface area (Å²) < 4.78 is 0. The number of amides is 1. The summed E-state index contributed by atoms with van der Waals surface area (Å²) in [5.41, 5.74) is 5.28. The van der Waals surface area contributed by atoms with Crippen molar-refractivity contribution in [2.24, 2.45) is 0 Å². The van der Waals surface area contributed by atoms with E-state index in [0.717, 1.165) is 46.3 Å². The number of aromatic amines is 1. The Bertz CT molecular complexity index is 1140. The lowest BCUT2D eigenvalue weighted by atomic mass is 10.1. The average Bonchev–Trinajstić information content (AvgIpc) is 3.18. The fourth-order valence-electron chi connectivity index (χ4n) is 4.23. The maximum atomic E-state index is 12.6. The molecule has 152 valence electrons. The number of carbonyl (C=O) groups is 1. The van der Waals surface area contributed by atoms with Gasteiger partial charge in [0.25, 0.3) is 5.56 Å². The van der Waals surface area contributed by atoms with Gasteiger partial charge in [0, 0.05) is 10.6 Å². The second-order valence-electron chi connectivity index (χ2n) is 8.04. The van der Waals surface area contributed by atoms with Crippen molar-refractivity contribution in [1.29, 1.82) is 0 Å². The molecule has 4 rings (SSSR count). The second-order valence-corrected chi connectivity index (χ2v) is 9.13. The van der Waals surface area contributed by atoms with Crippen LogP contribution in [-0.4, -0.2) is 34.4 Å². The van der Waals surface area contributed by atoms with Crippen molar-refractivity contribution in [1.82, 2.24) is 14.9 Å². The molecule has 1 aromatic carbocycles. The van der Waals surface area contributed by atoms with Crippen molar-refractivity contribution in [3.05, 3.63) is 55.4 Å². The number of aromatic nitrogens is 2. The number of benzene rings is 1. The molecular formula is C22H26N4O2S. The fraction of sp³-hybridized carbons (Fsp3) is 0.409. The summed E-state index contributed by atoms with van der Waals surface area (Å²) in [5, 5.41) is 3.78. The van der Waals surface area contributed by atoms with Crippen LogP contribution in [0.15, 0.2) is 16.9 Å². The van der Waals surface area contributed by atoms with Crippen molar-refractivity contribution < 1.29 is 4.79 Å². The van der Waals surface area contributed by atoms with Crippen molar-refractivity contribution in [3.8, 4) is 0 Å². The van der Waals surface area contributed by atoms with E-state index < -0.39 is 0 Å². The van der Waals surface area contributed by atoms with Gasteiger partial charge in [0.15, 0.2) is 0 Å². The predicted octanol–water partition coefficient (Wildman–Crippen LogP) is 3.47. The van der Waals surface area contributed by atoms with E-state index in [0.29, 0.717) is 12.4 Å². The zero-order valence-corrected chi connectivity index (χ0v) is 18.1. The third-order valence-corrected chi connectivity index (χ3v) is 6.58. The third-order valence-electron chi connectivity index (χ3n) is 5.40. The minimum atomic E-state index is -0.0823. The summed E-state index contributed by atoms with van der Waals surface area (Å²) in [5.74, 6) is 0.515. The molecule has 0 fully saturated rings. The van der Waals surface area contributed by atoms with Crippen LogP contribution in [0.5, 0.6) is 0 Å². The topological polar surface area (TPSA) is 78.1 Å². The predicted molar refractivity (Wildman–Crippen MR) is 118 cm³/mol. The van der Waals surface area contributed by atoms with E-state index in [1.165, 1.54) is 16.0 Å². The van der Waals surface area contributed by atoms with Crippen LogP contribution in [0.4, 0.5) is 5.69 Å². The van der Waals surface area contributed by atoms with Crippen LogP contribution >= 0.6 is 11.3 Å². The van der Waals surface area contributed by atoms with Crippen molar-refractivity contribution in [2.45, 2.75) is 46.6 Å². The second kappa shape index (κ2) is 7.72. The van der Waals surface area contributed by atoms with Crippen LogP contribution in [0.3, 0.4) is 0 Å². The highest BCUT2D eigenvalue weighted by atomic mass is 32.1. The van der Waals surface area contributed by atoms with Gasteiger partial charge in [0.1, 0.15) is 10.7 Å². The van der Waals surface area contributed by atoms with E-state index in [-0.39, 0.29) is 18.0 Å². The normalized spacial score (nSPS) is 13.3. The molecule has 0 radical (unpaired) electrons. The van der Waals surface area contributed by atoms with E-state index in [1.807, 2.05) is 32.7 Å². The van der Waals surface area contributed by atoms with Gasteiger partial charge in [-0.05, 0) is 63.8 Å². The van der Waals surface area contributed by atoms with E-state index in [2.05, 4.69) is 27.4 Å². The first-order valence-corrected chi connectivity index (χ1v) is 10.7. The van der Waals surface area contributed by atoms with Gasteiger partial charge >= 0.3 is 0 Å². The lowest BCUT2D eigenvalue weighted by Gasteiger charge is -2.17.